The Morgan fingerprint density at radius 3 is 2.73 bits per heavy atom. The van der Waals surface area contributed by atoms with Crippen LogP contribution in [0.3, 0.4) is 0 Å². The van der Waals surface area contributed by atoms with E-state index in [4.69, 9.17) is 0 Å². The van der Waals surface area contributed by atoms with Crippen molar-refractivity contribution in [1.82, 2.24) is 0 Å². The number of rotatable bonds is 0. The molecule has 7 atom stereocenters. The molecular formula is C27H32O3. The predicted molar refractivity (Wildman–Crippen MR) is 117 cm³/mol. The molecule has 0 spiro atoms. The number of hydrogen-bond acceptors (Lipinski definition) is 3. The zero-order chi connectivity index (χ0) is 21.1. The maximum atomic E-state index is 12.0. The van der Waals surface area contributed by atoms with Gasteiger partial charge in [-0.25, -0.2) is 0 Å². The number of hydrogen-bond donors (Lipinski definition) is 2. The average Bonchev–Trinajstić information content (AvgIpc) is 2.98. The summed E-state index contributed by atoms with van der Waals surface area (Å²) in [5.41, 5.74) is 0.755. The van der Waals surface area contributed by atoms with Crippen molar-refractivity contribution in [2.24, 2.45) is 35.0 Å². The van der Waals surface area contributed by atoms with E-state index in [0.29, 0.717) is 53.8 Å². The molecule has 0 unspecified atom stereocenters. The summed E-state index contributed by atoms with van der Waals surface area (Å²) in [5.74, 6) is 9.60. The second-order valence-electron chi connectivity index (χ2n) is 10.5. The van der Waals surface area contributed by atoms with Crippen molar-refractivity contribution in [1.29, 1.82) is 0 Å². The van der Waals surface area contributed by atoms with Crippen LogP contribution in [0.5, 0.6) is 5.75 Å². The van der Waals surface area contributed by atoms with Gasteiger partial charge in [0.2, 0.25) is 0 Å². The van der Waals surface area contributed by atoms with Crippen molar-refractivity contribution < 1.29 is 15.0 Å². The molecule has 0 aromatic heterocycles. The lowest BCUT2D eigenvalue weighted by molar-refractivity contribution is -0.117. The first-order chi connectivity index (χ1) is 14.3. The Bertz CT molecular complexity index is 966. The van der Waals surface area contributed by atoms with Crippen LogP contribution in [0, 0.1) is 46.8 Å². The monoisotopic (exact) mass is 404 g/mol. The summed E-state index contributed by atoms with van der Waals surface area (Å²) in [6.07, 6.45) is 8.51. The molecule has 3 fully saturated rings. The van der Waals surface area contributed by atoms with Gasteiger partial charge in [-0.1, -0.05) is 43.4 Å². The topological polar surface area (TPSA) is 57.5 Å². The number of allylic oxidation sites excluding steroid dienone is 1. The maximum absolute atomic E-state index is 12.0. The summed E-state index contributed by atoms with van der Waals surface area (Å²) in [7, 11) is 0. The predicted octanol–water partition coefficient (Wildman–Crippen LogP) is 4.86. The van der Waals surface area contributed by atoms with Gasteiger partial charge < -0.3 is 10.2 Å². The molecule has 4 aliphatic carbocycles. The molecule has 158 valence electrons. The van der Waals surface area contributed by atoms with Gasteiger partial charge in [-0.15, -0.1) is 0 Å². The fourth-order valence-electron chi connectivity index (χ4n) is 7.56. The summed E-state index contributed by atoms with van der Waals surface area (Å²) >= 11 is 0. The van der Waals surface area contributed by atoms with Crippen LogP contribution < -0.4 is 0 Å². The summed E-state index contributed by atoms with van der Waals surface area (Å²) < 4.78 is 0. The normalized spacial score (nSPS) is 42.3. The molecule has 0 radical (unpaired) electrons. The molecule has 0 saturated heterocycles. The standard InChI is InChI=1S/C27H32O3/c1-17-15-19-16-20(28)7-8-21(19)22-10-12-26(2)23(25(17)22)11-14-27(26,30)13-9-18-5-3-4-6-24(18)29/h3-6,16-17,21-23,25,29-30H,7-8,10-12,14-15H2,1-2H3/t17-,21-,22-,23+,25+,26-,27+/m0/s1. The Hall–Kier alpha value is -2.05. The highest BCUT2D eigenvalue weighted by molar-refractivity contribution is 5.91. The first kappa shape index (κ1) is 19.9. The molecule has 3 heteroatoms. The van der Waals surface area contributed by atoms with E-state index in [0.717, 1.165) is 32.1 Å². The molecule has 5 rings (SSSR count). The Morgan fingerprint density at radius 2 is 1.93 bits per heavy atom. The van der Waals surface area contributed by atoms with Crippen molar-refractivity contribution in [3.8, 4) is 17.6 Å². The molecule has 3 saturated carbocycles. The van der Waals surface area contributed by atoms with Crippen LogP contribution in [-0.2, 0) is 4.79 Å². The van der Waals surface area contributed by atoms with E-state index in [-0.39, 0.29) is 11.2 Å². The van der Waals surface area contributed by atoms with Gasteiger partial charge >= 0.3 is 0 Å². The SMILES string of the molecule is C[C@H]1CC2=CC(=O)CC[C@@H]2[C@@H]2CC[C@@]3(C)[C@H](CC[C@]3(O)C#Cc3ccccc3O)[C@@H]21. The molecule has 2 N–H and O–H groups in total. The third-order valence-electron chi connectivity index (χ3n) is 9.10. The molecule has 1 aromatic rings. The average molecular weight is 405 g/mol. The van der Waals surface area contributed by atoms with E-state index in [1.165, 1.54) is 5.57 Å². The molecule has 3 nitrogen and oxygen atoms in total. The Balaban J connectivity index is 1.46. The smallest absolute Gasteiger partial charge is 0.155 e. The number of benzene rings is 1. The minimum absolute atomic E-state index is 0.170. The second kappa shape index (κ2) is 6.99. The summed E-state index contributed by atoms with van der Waals surface area (Å²) in [4.78, 5) is 12.0. The van der Waals surface area contributed by atoms with Gasteiger partial charge in [-0.2, -0.15) is 0 Å². The highest BCUT2D eigenvalue weighted by atomic mass is 16.3. The lowest BCUT2D eigenvalue weighted by Crippen LogP contribution is -2.54. The first-order valence-electron chi connectivity index (χ1n) is 11.6. The minimum Gasteiger partial charge on any atom is -0.507 e. The van der Waals surface area contributed by atoms with Crippen LogP contribution in [0.4, 0.5) is 0 Å². The number of aliphatic hydroxyl groups is 1. The van der Waals surface area contributed by atoms with Gasteiger partial charge in [0, 0.05) is 11.8 Å². The van der Waals surface area contributed by atoms with Crippen molar-refractivity contribution >= 4 is 5.78 Å². The Labute approximate surface area is 179 Å². The van der Waals surface area contributed by atoms with Crippen LogP contribution in [-0.4, -0.2) is 21.6 Å². The number of ketones is 1. The second-order valence-corrected chi connectivity index (χ2v) is 10.5. The van der Waals surface area contributed by atoms with Gasteiger partial charge in [0.15, 0.2) is 5.78 Å². The number of aromatic hydroxyl groups is 1. The number of phenolic OH excluding ortho intramolecular Hbond substituents is 1. The third-order valence-corrected chi connectivity index (χ3v) is 9.10. The van der Waals surface area contributed by atoms with Crippen LogP contribution in [0.2, 0.25) is 0 Å². The quantitative estimate of drug-likeness (QED) is 0.607. The van der Waals surface area contributed by atoms with Crippen LogP contribution in [0.1, 0.15) is 64.4 Å². The van der Waals surface area contributed by atoms with E-state index < -0.39 is 5.60 Å². The lowest BCUT2D eigenvalue weighted by Gasteiger charge is -2.56. The van der Waals surface area contributed by atoms with E-state index >= 15 is 0 Å². The minimum atomic E-state index is -1.01. The number of carbonyl (C=O) groups excluding carboxylic acids is 1. The van der Waals surface area contributed by atoms with E-state index in [1.54, 1.807) is 18.2 Å². The van der Waals surface area contributed by atoms with E-state index in [2.05, 4.69) is 25.7 Å². The van der Waals surface area contributed by atoms with Gasteiger partial charge in [-0.05, 0) is 86.3 Å². The van der Waals surface area contributed by atoms with E-state index in [9.17, 15) is 15.0 Å². The highest BCUT2D eigenvalue weighted by Gasteiger charge is 2.63. The highest BCUT2D eigenvalue weighted by Crippen LogP contribution is 2.65. The van der Waals surface area contributed by atoms with Crippen molar-refractivity contribution in [3.05, 3.63) is 41.5 Å². The summed E-state index contributed by atoms with van der Waals surface area (Å²) in [6.45, 7) is 4.60. The molecular weight excluding hydrogens is 372 g/mol. The third kappa shape index (κ3) is 2.88. The van der Waals surface area contributed by atoms with Gasteiger partial charge in [0.25, 0.3) is 0 Å². The fraction of sp³-hybridized carbons (Fsp3) is 0.593. The fourth-order valence-corrected chi connectivity index (χ4v) is 7.56. The zero-order valence-corrected chi connectivity index (χ0v) is 18.0. The van der Waals surface area contributed by atoms with Gasteiger partial charge in [0.05, 0.1) is 5.56 Å². The molecule has 0 aliphatic heterocycles. The van der Waals surface area contributed by atoms with Gasteiger partial charge in [-0.3, -0.25) is 4.79 Å². The van der Waals surface area contributed by atoms with E-state index in [1.807, 2.05) is 12.1 Å². The van der Waals surface area contributed by atoms with Crippen LogP contribution in [0.25, 0.3) is 0 Å². The number of fused-ring (bicyclic) bond motifs is 5. The summed E-state index contributed by atoms with van der Waals surface area (Å²) in [6, 6.07) is 7.10. The largest absolute Gasteiger partial charge is 0.507 e. The molecule has 0 amide bonds. The summed E-state index contributed by atoms with van der Waals surface area (Å²) in [5, 5.41) is 21.8. The molecule has 30 heavy (non-hydrogen) atoms. The number of carbonyl (C=O) groups is 1. The zero-order valence-electron chi connectivity index (χ0n) is 18.0. The van der Waals surface area contributed by atoms with Crippen LogP contribution in [0.15, 0.2) is 35.9 Å². The Kier molecular flexibility index (Phi) is 4.63. The first-order valence-corrected chi connectivity index (χ1v) is 11.6. The van der Waals surface area contributed by atoms with Crippen LogP contribution >= 0.6 is 0 Å². The number of para-hydroxylation sites is 1. The van der Waals surface area contributed by atoms with Gasteiger partial charge in [0.1, 0.15) is 11.4 Å². The van der Waals surface area contributed by atoms with Crippen molar-refractivity contribution in [2.75, 3.05) is 0 Å². The molecule has 0 bridgehead atoms. The van der Waals surface area contributed by atoms with Crippen molar-refractivity contribution in [2.45, 2.75) is 64.4 Å². The lowest BCUT2D eigenvalue weighted by atomic mass is 9.48. The Morgan fingerprint density at radius 1 is 1.13 bits per heavy atom. The maximum Gasteiger partial charge on any atom is 0.155 e. The molecule has 1 aromatic carbocycles. The molecule has 4 aliphatic rings. The van der Waals surface area contributed by atoms with Crippen molar-refractivity contribution in [3.63, 3.8) is 0 Å². The molecule has 0 heterocycles. The number of phenols is 1.